The van der Waals surface area contributed by atoms with Crippen LogP contribution >= 0.6 is 27.5 Å². The number of nitrogens with one attached hydrogen (secondary N) is 1. The minimum absolute atomic E-state index is 0.169. The van der Waals surface area contributed by atoms with Gasteiger partial charge in [0.1, 0.15) is 11.8 Å². The number of halogens is 2. The van der Waals surface area contributed by atoms with Crippen molar-refractivity contribution in [3.63, 3.8) is 0 Å². The Kier molecular flexibility index (Phi) is 10.3. The Morgan fingerprint density at radius 2 is 1.94 bits per heavy atom. The van der Waals surface area contributed by atoms with Crippen LogP contribution in [0.4, 0.5) is 0 Å². The zero-order valence-corrected chi connectivity index (χ0v) is 20.6. The first-order valence-electron chi connectivity index (χ1n) is 10.6. The van der Waals surface area contributed by atoms with E-state index in [0.717, 1.165) is 29.3 Å². The molecule has 0 radical (unpaired) electrons. The van der Waals surface area contributed by atoms with Gasteiger partial charge in [-0.1, -0.05) is 50.1 Å². The molecule has 2 aromatic carbocycles. The third kappa shape index (κ3) is 7.86. The average Bonchev–Trinajstić information content (AvgIpc) is 2.76. The maximum Gasteiger partial charge on any atom is 0.261 e. The van der Waals surface area contributed by atoms with Crippen LogP contribution in [0.5, 0.6) is 5.75 Å². The average molecular weight is 510 g/mol. The number of unbranched alkanes of at least 4 members (excludes halogenated alkanes) is 1. The van der Waals surface area contributed by atoms with Crippen LogP contribution in [0, 0.1) is 0 Å². The third-order valence-electron chi connectivity index (χ3n) is 4.99. The molecular weight excluding hydrogens is 480 g/mol. The number of amides is 2. The van der Waals surface area contributed by atoms with Crippen molar-refractivity contribution < 1.29 is 14.3 Å². The second-order valence-corrected chi connectivity index (χ2v) is 8.67. The summed E-state index contributed by atoms with van der Waals surface area (Å²) in [4.78, 5) is 27.3. The molecule has 0 aliphatic carbocycles. The van der Waals surface area contributed by atoms with Gasteiger partial charge in [0.2, 0.25) is 5.91 Å². The molecule has 2 aromatic rings. The quantitative estimate of drug-likeness (QED) is 0.414. The van der Waals surface area contributed by atoms with Gasteiger partial charge in [0, 0.05) is 18.1 Å². The van der Waals surface area contributed by atoms with Crippen molar-refractivity contribution in [2.24, 2.45) is 0 Å². The van der Waals surface area contributed by atoms with Crippen LogP contribution in [0.25, 0.3) is 0 Å². The van der Waals surface area contributed by atoms with Crippen molar-refractivity contribution in [2.75, 3.05) is 13.2 Å². The minimum atomic E-state index is -0.641. The Morgan fingerprint density at radius 1 is 1.16 bits per heavy atom. The minimum Gasteiger partial charge on any atom is -0.483 e. The summed E-state index contributed by atoms with van der Waals surface area (Å²) in [6.07, 6.45) is 2.79. The van der Waals surface area contributed by atoms with E-state index in [0.29, 0.717) is 17.3 Å². The maximum absolute atomic E-state index is 13.1. The van der Waals surface area contributed by atoms with E-state index in [1.54, 1.807) is 19.1 Å². The molecule has 0 aromatic heterocycles. The molecule has 0 saturated carbocycles. The lowest BCUT2D eigenvalue weighted by Gasteiger charge is -2.29. The van der Waals surface area contributed by atoms with E-state index in [1.807, 2.05) is 30.3 Å². The van der Waals surface area contributed by atoms with Crippen LogP contribution in [0.1, 0.15) is 44.7 Å². The first-order valence-corrected chi connectivity index (χ1v) is 11.8. The fraction of sp³-hybridized carbons (Fsp3) is 0.417. The molecule has 0 fully saturated rings. The summed E-state index contributed by atoms with van der Waals surface area (Å²) in [6, 6.07) is 12.4. The SMILES string of the molecule is CCCCNC(=O)[C@H](C)N(Cc1cccc(Cl)c1)C(=O)COc1ccc(CC)cc1Br. The van der Waals surface area contributed by atoms with E-state index in [2.05, 4.69) is 35.1 Å². The number of rotatable bonds is 11. The van der Waals surface area contributed by atoms with Crippen molar-refractivity contribution >= 4 is 39.3 Å². The van der Waals surface area contributed by atoms with Crippen LogP contribution < -0.4 is 10.1 Å². The molecule has 0 spiro atoms. The number of nitrogens with zero attached hydrogens (tertiary/aromatic N) is 1. The fourth-order valence-corrected chi connectivity index (χ4v) is 3.81. The van der Waals surface area contributed by atoms with Crippen molar-refractivity contribution in [3.8, 4) is 5.75 Å². The third-order valence-corrected chi connectivity index (χ3v) is 5.85. The fourth-order valence-electron chi connectivity index (χ4n) is 3.05. The predicted octanol–water partition coefficient (Wildman–Crippen LogP) is 5.38. The summed E-state index contributed by atoms with van der Waals surface area (Å²) in [5, 5.41) is 3.49. The van der Waals surface area contributed by atoms with Gasteiger partial charge < -0.3 is 15.0 Å². The molecule has 0 bridgehead atoms. The normalized spacial score (nSPS) is 11.6. The van der Waals surface area contributed by atoms with E-state index in [4.69, 9.17) is 16.3 Å². The highest BCUT2D eigenvalue weighted by atomic mass is 79.9. The molecule has 1 atom stereocenters. The highest BCUT2D eigenvalue weighted by Crippen LogP contribution is 2.26. The molecule has 0 aliphatic heterocycles. The summed E-state index contributed by atoms with van der Waals surface area (Å²) >= 11 is 9.60. The van der Waals surface area contributed by atoms with Gasteiger partial charge in [-0.2, -0.15) is 0 Å². The van der Waals surface area contributed by atoms with Gasteiger partial charge in [0.25, 0.3) is 5.91 Å². The van der Waals surface area contributed by atoms with Gasteiger partial charge in [-0.15, -0.1) is 0 Å². The van der Waals surface area contributed by atoms with Crippen LogP contribution in [0.15, 0.2) is 46.9 Å². The molecule has 7 heteroatoms. The van der Waals surface area contributed by atoms with E-state index in [-0.39, 0.29) is 25.0 Å². The van der Waals surface area contributed by atoms with Gasteiger partial charge in [0.05, 0.1) is 4.47 Å². The van der Waals surface area contributed by atoms with E-state index < -0.39 is 6.04 Å². The summed E-state index contributed by atoms with van der Waals surface area (Å²) in [5.41, 5.74) is 2.02. The molecule has 0 aliphatic rings. The van der Waals surface area contributed by atoms with Gasteiger partial charge in [-0.25, -0.2) is 0 Å². The first kappa shape index (κ1) is 25.2. The van der Waals surface area contributed by atoms with Crippen molar-refractivity contribution in [1.82, 2.24) is 10.2 Å². The molecular formula is C24H30BrClN2O3. The topological polar surface area (TPSA) is 58.6 Å². The summed E-state index contributed by atoms with van der Waals surface area (Å²) in [6.45, 7) is 6.56. The zero-order chi connectivity index (χ0) is 22.8. The van der Waals surface area contributed by atoms with E-state index in [1.165, 1.54) is 10.5 Å². The number of ether oxygens (including phenoxy) is 1. The van der Waals surface area contributed by atoms with Crippen molar-refractivity contribution in [2.45, 2.75) is 52.6 Å². The van der Waals surface area contributed by atoms with E-state index in [9.17, 15) is 9.59 Å². The second kappa shape index (κ2) is 12.7. The number of aryl methyl sites for hydroxylation is 1. The summed E-state index contributed by atoms with van der Waals surface area (Å²) in [7, 11) is 0. The van der Waals surface area contributed by atoms with Crippen molar-refractivity contribution in [3.05, 3.63) is 63.1 Å². The zero-order valence-electron chi connectivity index (χ0n) is 18.3. The first-order chi connectivity index (χ1) is 14.8. The Balaban J connectivity index is 2.13. The molecule has 2 rings (SSSR count). The molecule has 2 amide bonds. The van der Waals surface area contributed by atoms with Crippen LogP contribution in [-0.2, 0) is 22.6 Å². The van der Waals surface area contributed by atoms with Crippen LogP contribution in [0.2, 0.25) is 5.02 Å². The predicted molar refractivity (Wildman–Crippen MR) is 128 cm³/mol. The molecule has 168 valence electrons. The Morgan fingerprint density at radius 3 is 2.58 bits per heavy atom. The lowest BCUT2D eigenvalue weighted by atomic mass is 10.1. The smallest absolute Gasteiger partial charge is 0.261 e. The number of carbonyl (C=O) groups is 2. The Labute approximate surface area is 198 Å². The van der Waals surface area contributed by atoms with Crippen molar-refractivity contribution in [1.29, 1.82) is 0 Å². The molecule has 0 saturated heterocycles. The van der Waals surface area contributed by atoms with Gasteiger partial charge in [0.15, 0.2) is 6.61 Å². The summed E-state index contributed by atoms with van der Waals surface area (Å²) in [5.74, 6) is 0.134. The summed E-state index contributed by atoms with van der Waals surface area (Å²) < 4.78 is 6.57. The monoisotopic (exact) mass is 508 g/mol. The molecule has 31 heavy (non-hydrogen) atoms. The van der Waals surface area contributed by atoms with Crippen LogP contribution in [-0.4, -0.2) is 35.9 Å². The Hall–Kier alpha value is -2.05. The van der Waals surface area contributed by atoms with Gasteiger partial charge in [-0.3, -0.25) is 9.59 Å². The maximum atomic E-state index is 13.1. The lowest BCUT2D eigenvalue weighted by molar-refractivity contribution is -0.142. The lowest BCUT2D eigenvalue weighted by Crippen LogP contribution is -2.49. The standard InChI is InChI=1S/C24H30BrClN2O3/c1-4-6-12-27-24(30)17(3)28(15-19-8-7-9-20(26)13-19)23(29)16-31-22-11-10-18(5-2)14-21(22)25/h7-11,13-14,17H,4-6,12,15-16H2,1-3H3,(H,27,30)/t17-/m0/s1. The number of hydrogen-bond acceptors (Lipinski definition) is 3. The number of carbonyl (C=O) groups excluding carboxylic acids is 2. The highest BCUT2D eigenvalue weighted by molar-refractivity contribution is 9.10. The molecule has 5 nitrogen and oxygen atoms in total. The van der Waals surface area contributed by atoms with Crippen LogP contribution in [0.3, 0.4) is 0 Å². The number of benzene rings is 2. The molecule has 0 unspecified atom stereocenters. The number of hydrogen-bond donors (Lipinski definition) is 1. The molecule has 1 N–H and O–H groups in total. The largest absolute Gasteiger partial charge is 0.483 e. The second-order valence-electron chi connectivity index (χ2n) is 7.38. The van der Waals surface area contributed by atoms with Gasteiger partial charge >= 0.3 is 0 Å². The highest BCUT2D eigenvalue weighted by Gasteiger charge is 2.26. The molecule has 0 heterocycles. The van der Waals surface area contributed by atoms with E-state index >= 15 is 0 Å². The van der Waals surface area contributed by atoms with Gasteiger partial charge in [-0.05, 0) is 71.1 Å². The Bertz CT molecular complexity index is 891.